The molecule has 1 unspecified atom stereocenters. The Kier molecular flexibility index (Phi) is 7.86. The fourth-order valence-electron chi connectivity index (χ4n) is 1.70. The fourth-order valence-corrected chi connectivity index (χ4v) is 1.70. The van der Waals surface area contributed by atoms with Gasteiger partial charge in [-0.15, -0.1) is 0 Å². The Morgan fingerprint density at radius 1 is 1.45 bits per heavy atom. The molecule has 0 radical (unpaired) electrons. The zero-order valence-corrected chi connectivity index (χ0v) is 11.7. The summed E-state index contributed by atoms with van der Waals surface area (Å²) in [5, 5.41) is 12.2. The summed E-state index contributed by atoms with van der Waals surface area (Å²) in [6, 6.07) is 0. The number of ether oxygens (including phenoxy) is 2. The second-order valence-corrected chi connectivity index (χ2v) is 4.36. The lowest BCUT2D eigenvalue weighted by Gasteiger charge is -2.19. The number of nitrogens with zero attached hydrogens (tertiary/aromatic N) is 1. The summed E-state index contributed by atoms with van der Waals surface area (Å²) in [4.78, 5) is 24.1. The lowest BCUT2D eigenvalue weighted by molar-refractivity contribution is -0.131. The minimum Gasteiger partial charge on any atom is -0.382 e. The van der Waals surface area contributed by atoms with Gasteiger partial charge in [0, 0.05) is 39.3 Å². The smallest absolute Gasteiger partial charge is 0.248 e. The topological polar surface area (TPSA) is 88.1 Å². The molecule has 1 aliphatic rings. The third kappa shape index (κ3) is 6.14. The molecule has 0 aromatic carbocycles. The maximum absolute atomic E-state index is 11.5. The monoisotopic (exact) mass is 286 g/mol. The van der Waals surface area contributed by atoms with E-state index in [-0.39, 0.29) is 24.8 Å². The Labute approximate surface area is 118 Å². The van der Waals surface area contributed by atoms with Gasteiger partial charge in [0.25, 0.3) is 0 Å². The van der Waals surface area contributed by atoms with Crippen molar-refractivity contribution in [1.82, 2.24) is 10.2 Å². The van der Waals surface area contributed by atoms with Crippen LogP contribution in [0.2, 0.25) is 0 Å². The number of aliphatic hydroxyl groups excluding tert-OH is 1. The number of nitrogens with one attached hydrogen (secondary N) is 1. The summed E-state index contributed by atoms with van der Waals surface area (Å²) in [6.07, 6.45) is 2.69. The highest BCUT2D eigenvalue weighted by Gasteiger charge is 2.23. The van der Waals surface area contributed by atoms with Crippen LogP contribution in [0.15, 0.2) is 12.2 Å². The molecule has 2 N–H and O–H groups in total. The minimum atomic E-state index is -0.913. The molecule has 0 saturated heterocycles. The molecule has 0 spiro atoms. The van der Waals surface area contributed by atoms with Crippen LogP contribution in [0.25, 0.3) is 0 Å². The standard InChI is InChI=1S/C13H22N2O5/c1-19-9-10-20-8-2-6-14-11(16)5-7-15-12(17)3-4-13(15)18/h3-4,12,17H,2,5-10H2,1H3,(H,14,16). The molecule has 0 aromatic rings. The maximum atomic E-state index is 11.5. The van der Waals surface area contributed by atoms with E-state index in [0.717, 1.165) is 6.42 Å². The van der Waals surface area contributed by atoms with Gasteiger partial charge < -0.3 is 24.8 Å². The zero-order chi connectivity index (χ0) is 14.8. The lowest BCUT2D eigenvalue weighted by atomic mass is 10.3. The first-order valence-corrected chi connectivity index (χ1v) is 6.65. The van der Waals surface area contributed by atoms with E-state index in [0.29, 0.717) is 26.4 Å². The number of methoxy groups -OCH3 is 1. The van der Waals surface area contributed by atoms with E-state index >= 15 is 0 Å². The van der Waals surface area contributed by atoms with Crippen molar-refractivity contribution in [3.63, 3.8) is 0 Å². The summed E-state index contributed by atoms with van der Waals surface area (Å²) >= 11 is 0. The van der Waals surface area contributed by atoms with Gasteiger partial charge in [-0.1, -0.05) is 0 Å². The molecule has 0 aromatic heterocycles. The number of carbonyl (C=O) groups excluding carboxylic acids is 2. The molecule has 20 heavy (non-hydrogen) atoms. The number of rotatable bonds is 10. The number of aliphatic hydroxyl groups is 1. The molecule has 0 aliphatic carbocycles. The van der Waals surface area contributed by atoms with Gasteiger partial charge in [0.1, 0.15) is 6.23 Å². The first-order valence-electron chi connectivity index (χ1n) is 6.65. The van der Waals surface area contributed by atoms with E-state index in [4.69, 9.17) is 9.47 Å². The average molecular weight is 286 g/mol. The molecule has 1 heterocycles. The Balaban J connectivity index is 1.99. The van der Waals surface area contributed by atoms with Gasteiger partial charge in [-0.25, -0.2) is 0 Å². The van der Waals surface area contributed by atoms with Crippen LogP contribution in [0.5, 0.6) is 0 Å². The van der Waals surface area contributed by atoms with Gasteiger partial charge in [-0.2, -0.15) is 0 Å². The van der Waals surface area contributed by atoms with Crippen molar-refractivity contribution in [2.75, 3.05) is 40.0 Å². The second kappa shape index (κ2) is 9.46. The first-order chi connectivity index (χ1) is 9.65. The summed E-state index contributed by atoms with van der Waals surface area (Å²) in [5.41, 5.74) is 0. The summed E-state index contributed by atoms with van der Waals surface area (Å²) in [6.45, 7) is 2.42. The van der Waals surface area contributed by atoms with Crippen LogP contribution in [0, 0.1) is 0 Å². The number of hydrogen-bond donors (Lipinski definition) is 2. The molecule has 114 valence electrons. The van der Waals surface area contributed by atoms with Crippen LogP contribution < -0.4 is 5.32 Å². The molecule has 0 fully saturated rings. The van der Waals surface area contributed by atoms with Crippen LogP contribution in [0.4, 0.5) is 0 Å². The predicted octanol–water partition coefficient (Wildman–Crippen LogP) is -0.737. The maximum Gasteiger partial charge on any atom is 0.248 e. The van der Waals surface area contributed by atoms with Gasteiger partial charge in [-0.3, -0.25) is 9.59 Å². The van der Waals surface area contributed by atoms with Crippen LogP contribution in [-0.4, -0.2) is 68.1 Å². The van der Waals surface area contributed by atoms with Gasteiger partial charge in [-0.05, 0) is 12.5 Å². The van der Waals surface area contributed by atoms with Gasteiger partial charge in [0.05, 0.1) is 13.2 Å². The Morgan fingerprint density at radius 3 is 2.90 bits per heavy atom. The highest BCUT2D eigenvalue weighted by Crippen LogP contribution is 2.08. The summed E-state index contributed by atoms with van der Waals surface area (Å²) in [7, 11) is 1.61. The Hall–Kier alpha value is -1.44. The quantitative estimate of drug-likeness (QED) is 0.517. The van der Waals surface area contributed by atoms with Crippen molar-refractivity contribution in [2.45, 2.75) is 19.1 Å². The molecule has 0 bridgehead atoms. The van der Waals surface area contributed by atoms with Crippen molar-refractivity contribution >= 4 is 11.8 Å². The second-order valence-electron chi connectivity index (χ2n) is 4.36. The molecule has 7 nitrogen and oxygen atoms in total. The van der Waals surface area contributed by atoms with Gasteiger partial charge >= 0.3 is 0 Å². The number of amides is 2. The summed E-state index contributed by atoms with van der Waals surface area (Å²) < 4.78 is 10.1. The Morgan fingerprint density at radius 2 is 2.25 bits per heavy atom. The highest BCUT2D eigenvalue weighted by molar-refractivity contribution is 5.90. The van der Waals surface area contributed by atoms with Crippen LogP contribution in [0.3, 0.4) is 0 Å². The molecular formula is C13H22N2O5. The van der Waals surface area contributed by atoms with E-state index in [2.05, 4.69) is 5.32 Å². The third-order valence-corrected chi connectivity index (χ3v) is 2.81. The van der Waals surface area contributed by atoms with E-state index in [9.17, 15) is 14.7 Å². The highest BCUT2D eigenvalue weighted by atomic mass is 16.5. The lowest BCUT2D eigenvalue weighted by Crippen LogP contribution is -2.37. The molecular weight excluding hydrogens is 264 g/mol. The van der Waals surface area contributed by atoms with Gasteiger partial charge in [0.2, 0.25) is 11.8 Å². The van der Waals surface area contributed by atoms with E-state index in [1.54, 1.807) is 7.11 Å². The minimum absolute atomic E-state index is 0.145. The van der Waals surface area contributed by atoms with Gasteiger partial charge in [0.15, 0.2) is 0 Å². The van der Waals surface area contributed by atoms with Crippen LogP contribution in [-0.2, 0) is 19.1 Å². The SMILES string of the molecule is COCCOCCCNC(=O)CCN1C(=O)C=CC1O. The van der Waals surface area contributed by atoms with E-state index in [1.165, 1.54) is 17.1 Å². The zero-order valence-electron chi connectivity index (χ0n) is 11.7. The summed E-state index contributed by atoms with van der Waals surface area (Å²) in [5.74, 6) is -0.411. The molecule has 1 rings (SSSR count). The molecule has 1 atom stereocenters. The fraction of sp³-hybridized carbons (Fsp3) is 0.692. The molecule has 0 saturated carbocycles. The predicted molar refractivity (Wildman–Crippen MR) is 71.8 cm³/mol. The van der Waals surface area contributed by atoms with Crippen molar-refractivity contribution in [2.24, 2.45) is 0 Å². The van der Waals surface area contributed by atoms with Crippen molar-refractivity contribution in [3.05, 3.63) is 12.2 Å². The van der Waals surface area contributed by atoms with Crippen molar-refractivity contribution in [1.29, 1.82) is 0 Å². The average Bonchev–Trinajstić information content (AvgIpc) is 2.75. The molecule has 1 aliphatic heterocycles. The van der Waals surface area contributed by atoms with E-state index in [1.807, 2.05) is 0 Å². The normalized spacial score (nSPS) is 17.8. The first kappa shape index (κ1) is 16.6. The number of carbonyl (C=O) groups is 2. The van der Waals surface area contributed by atoms with Crippen molar-refractivity contribution in [3.8, 4) is 0 Å². The largest absolute Gasteiger partial charge is 0.382 e. The number of hydrogen-bond acceptors (Lipinski definition) is 5. The van der Waals surface area contributed by atoms with E-state index < -0.39 is 6.23 Å². The van der Waals surface area contributed by atoms with Crippen LogP contribution in [0.1, 0.15) is 12.8 Å². The Bertz CT molecular complexity index is 346. The third-order valence-electron chi connectivity index (χ3n) is 2.81. The van der Waals surface area contributed by atoms with Crippen molar-refractivity contribution < 1.29 is 24.2 Å². The molecule has 2 amide bonds. The molecule has 7 heteroatoms. The van der Waals surface area contributed by atoms with Crippen LogP contribution >= 0.6 is 0 Å².